The van der Waals surface area contributed by atoms with Crippen molar-refractivity contribution in [3.63, 3.8) is 0 Å². The van der Waals surface area contributed by atoms with Gasteiger partial charge in [0.15, 0.2) is 0 Å². The Labute approximate surface area is 116 Å². The fourth-order valence-electron chi connectivity index (χ4n) is 1.99. The largest absolute Gasteiger partial charge is 0.380 e. The minimum Gasteiger partial charge on any atom is -0.380 e. The van der Waals surface area contributed by atoms with Gasteiger partial charge in [-0.3, -0.25) is 4.98 Å². The number of benzene rings is 1. The fraction of sp³-hybridized carbons (Fsp3) is 0.0667. The number of nitrogens with zero attached hydrogens (tertiary/aromatic N) is 2. The van der Waals surface area contributed by atoms with Gasteiger partial charge in [-0.25, -0.2) is 4.98 Å². The highest BCUT2D eigenvalue weighted by atomic mass is 35.5. The highest BCUT2D eigenvalue weighted by molar-refractivity contribution is 6.29. The van der Waals surface area contributed by atoms with E-state index in [0.717, 1.165) is 17.7 Å². The van der Waals surface area contributed by atoms with Crippen molar-refractivity contribution in [3.05, 3.63) is 65.6 Å². The summed E-state index contributed by atoms with van der Waals surface area (Å²) in [6.07, 6.45) is 3.56. The second kappa shape index (κ2) is 5.24. The van der Waals surface area contributed by atoms with Crippen molar-refractivity contribution in [3.8, 4) is 0 Å². The second-order valence-electron chi connectivity index (χ2n) is 4.21. The van der Waals surface area contributed by atoms with Crippen LogP contribution in [0.25, 0.3) is 10.9 Å². The average Bonchev–Trinajstić information content (AvgIpc) is 2.47. The monoisotopic (exact) mass is 269 g/mol. The van der Waals surface area contributed by atoms with E-state index in [1.165, 1.54) is 10.9 Å². The molecule has 2 aromatic heterocycles. The summed E-state index contributed by atoms with van der Waals surface area (Å²) in [6, 6.07) is 13.8. The lowest BCUT2D eigenvalue weighted by atomic mass is 10.1. The van der Waals surface area contributed by atoms with Crippen molar-refractivity contribution >= 4 is 28.2 Å². The Morgan fingerprint density at radius 3 is 2.74 bits per heavy atom. The molecule has 1 aromatic carbocycles. The summed E-state index contributed by atoms with van der Waals surface area (Å²) in [5.74, 6) is 0. The van der Waals surface area contributed by atoms with Gasteiger partial charge >= 0.3 is 0 Å². The summed E-state index contributed by atoms with van der Waals surface area (Å²) in [7, 11) is 0. The molecule has 0 aliphatic heterocycles. The summed E-state index contributed by atoms with van der Waals surface area (Å²) in [6.45, 7) is 0.729. The summed E-state index contributed by atoms with van der Waals surface area (Å²) in [4.78, 5) is 8.40. The van der Waals surface area contributed by atoms with Gasteiger partial charge in [-0.1, -0.05) is 29.8 Å². The van der Waals surface area contributed by atoms with Crippen LogP contribution in [0, 0.1) is 0 Å². The molecule has 0 unspecified atom stereocenters. The zero-order valence-corrected chi connectivity index (χ0v) is 10.9. The van der Waals surface area contributed by atoms with Crippen molar-refractivity contribution < 1.29 is 0 Å². The third-order valence-corrected chi connectivity index (χ3v) is 3.17. The molecule has 0 bridgehead atoms. The maximum absolute atomic E-state index is 5.76. The van der Waals surface area contributed by atoms with Gasteiger partial charge in [0.2, 0.25) is 0 Å². The first-order valence-electron chi connectivity index (χ1n) is 6.01. The first-order chi connectivity index (χ1) is 9.33. The molecule has 0 radical (unpaired) electrons. The van der Waals surface area contributed by atoms with Crippen LogP contribution in [0.5, 0.6) is 0 Å². The van der Waals surface area contributed by atoms with E-state index in [4.69, 9.17) is 11.6 Å². The lowest BCUT2D eigenvalue weighted by Crippen LogP contribution is -2.00. The van der Waals surface area contributed by atoms with Crippen LogP contribution in [0.3, 0.4) is 0 Å². The number of pyridine rings is 2. The third kappa shape index (κ3) is 2.66. The Bertz CT molecular complexity index is 690. The maximum Gasteiger partial charge on any atom is 0.129 e. The molecule has 0 amide bonds. The molecule has 3 aromatic rings. The number of hydrogen-bond donors (Lipinski definition) is 1. The van der Waals surface area contributed by atoms with Crippen LogP contribution in [-0.4, -0.2) is 9.97 Å². The molecule has 0 aliphatic carbocycles. The van der Waals surface area contributed by atoms with Crippen LogP contribution in [-0.2, 0) is 6.54 Å². The Morgan fingerprint density at radius 1 is 1.00 bits per heavy atom. The molecule has 0 aliphatic rings. The van der Waals surface area contributed by atoms with E-state index in [1.54, 1.807) is 12.3 Å². The molecule has 1 N–H and O–H groups in total. The van der Waals surface area contributed by atoms with Gasteiger partial charge in [-0.2, -0.15) is 0 Å². The van der Waals surface area contributed by atoms with Crippen LogP contribution < -0.4 is 5.32 Å². The van der Waals surface area contributed by atoms with Crippen molar-refractivity contribution in [2.45, 2.75) is 6.54 Å². The van der Waals surface area contributed by atoms with Crippen molar-refractivity contribution in [2.75, 3.05) is 5.32 Å². The lowest BCUT2D eigenvalue weighted by molar-refractivity contribution is 1.14. The number of fused-ring (bicyclic) bond motifs is 1. The van der Waals surface area contributed by atoms with E-state index in [0.29, 0.717) is 5.15 Å². The number of nitrogens with one attached hydrogen (secondary N) is 1. The predicted molar refractivity (Wildman–Crippen MR) is 78.3 cm³/mol. The Morgan fingerprint density at radius 2 is 1.89 bits per heavy atom. The third-order valence-electron chi connectivity index (χ3n) is 2.95. The van der Waals surface area contributed by atoms with E-state index in [1.807, 2.05) is 36.5 Å². The highest BCUT2D eigenvalue weighted by Crippen LogP contribution is 2.18. The SMILES string of the molecule is Clc1ccc(NCc2ccnc3ccccc23)cn1. The molecule has 3 nitrogen and oxygen atoms in total. The van der Waals surface area contributed by atoms with Gasteiger partial charge in [-0.15, -0.1) is 0 Å². The zero-order chi connectivity index (χ0) is 13.1. The molecular weight excluding hydrogens is 258 g/mol. The second-order valence-corrected chi connectivity index (χ2v) is 4.60. The summed E-state index contributed by atoms with van der Waals surface area (Å²) in [5.41, 5.74) is 3.17. The number of aromatic nitrogens is 2. The molecule has 0 atom stereocenters. The summed E-state index contributed by atoms with van der Waals surface area (Å²) >= 11 is 5.76. The van der Waals surface area contributed by atoms with Crippen LogP contribution in [0.2, 0.25) is 5.15 Å². The van der Waals surface area contributed by atoms with Gasteiger partial charge < -0.3 is 5.32 Å². The topological polar surface area (TPSA) is 37.8 Å². The summed E-state index contributed by atoms with van der Waals surface area (Å²) < 4.78 is 0. The molecule has 0 saturated heterocycles. The molecule has 0 saturated carbocycles. The first kappa shape index (κ1) is 11.9. The maximum atomic E-state index is 5.76. The van der Waals surface area contributed by atoms with Crippen LogP contribution >= 0.6 is 11.6 Å². The smallest absolute Gasteiger partial charge is 0.129 e. The average molecular weight is 270 g/mol. The van der Waals surface area contributed by atoms with Crippen LogP contribution in [0.4, 0.5) is 5.69 Å². The Hall–Kier alpha value is -2.13. The standard InChI is InChI=1S/C15H12ClN3/c16-15-6-5-12(10-19-15)18-9-11-7-8-17-14-4-2-1-3-13(11)14/h1-8,10,18H,9H2. The molecule has 94 valence electrons. The Balaban J connectivity index is 1.84. The summed E-state index contributed by atoms with van der Waals surface area (Å²) in [5, 5.41) is 5.00. The van der Waals surface area contributed by atoms with Gasteiger partial charge in [0.05, 0.1) is 17.4 Å². The van der Waals surface area contributed by atoms with E-state index in [-0.39, 0.29) is 0 Å². The minimum atomic E-state index is 0.500. The van der Waals surface area contributed by atoms with Gasteiger partial charge in [0.25, 0.3) is 0 Å². The number of para-hydroxylation sites is 1. The lowest BCUT2D eigenvalue weighted by Gasteiger charge is -2.08. The Kier molecular flexibility index (Phi) is 3.29. The number of halogens is 1. The van der Waals surface area contributed by atoms with E-state index < -0.39 is 0 Å². The quantitative estimate of drug-likeness (QED) is 0.733. The molecule has 19 heavy (non-hydrogen) atoms. The van der Waals surface area contributed by atoms with Gasteiger partial charge in [0, 0.05) is 18.1 Å². The van der Waals surface area contributed by atoms with Gasteiger partial charge in [0.1, 0.15) is 5.15 Å². The van der Waals surface area contributed by atoms with E-state index in [9.17, 15) is 0 Å². The number of rotatable bonds is 3. The number of anilines is 1. The van der Waals surface area contributed by atoms with Gasteiger partial charge in [-0.05, 0) is 29.8 Å². The van der Waals surface area contributed by atoms with Crippen LogP contribution in [0.1, 0.15) is 5.56 Å². The normalized spacial score (nSPS) is 10.6. The molecular formula is C15H12ClN3. The van der Waals surface area contributed by atoms with Crippen molar-refractivity contribution in [2.24, 2.45) is 0 Å². The zero-order valence-electron chi connectivity index (χ0n) is 10.2. The highest BCUT2D eigenvalue weighted by Gasteiger charge is 2.01. The molecule has 2 heterocycles. The molecule has 4 heteroatoms. The van der Waals surface area contributed by atoms with E-state index in [2.05, 4.69) is 21.4 Å². The van der Waals surface area contributed by atoms with Crippen molar-refractivity contribution in [1.29, 1.82) is 0 Å². The minimum absolute atomic E-state index is 0.500. The molecule has 0 spiro atoms. The number of hydrogen-bond acceptors (Lipinski definition) is 3. The van der Waals surface area contributed by atoms with Crippen LogP contribution in [0.15, 0.2) is 54.9 Å². The predicted octanol–water partition coefficient (Wildman–Crippen LogP) is 3.90. The first-order valence-corrected chi connectivity index (χ1v) is 6.39. The fourth-order valence-corrected chi connectivity index (χ4v) is 2.10. The molecule has 3 rings (SSSR count). The van der Waals surface area contributed by atoms with E-state index >= 15 is 0 Å². The van der Waals surface area contributed by atoms with Crippen molar-refractivity contribution in [1.82, 2.24) is 9.97 Å². The molecule has 0 fully saturated rings.